The van der Waals surface area contributed by atoms with Gasteiger partial charge in [0.2, 0.25) is 0 Å². The molecule has 1 N–H and O–H groups in total. The number of hydrogen-bond donors (Lipinski definition) is 1. The molecule has 2 atom stereocenters. The Morgan fingerprint density at radius 2 is 2.25 bits per heavy atom. The summed E-state index contributed by atoms with van der Waals surface area (Å²) in [6.07, 6.45) is 2.83. The predicted molar refractivity (Wildman–Crippen MR) is 72.5 cm³/mol. The third kappa shape index (κ3) is 2.15. The quantitative estimate of drug-likeness (QED) is 0.852. The topological polar surface area (TPSA) is 33.1 Å². The van der Waals surface area contributed by atoms with Crippen LogP contribution in [-0.4, -0.2) is 27.3 Å². The van der Waals surface area contributed by atoms with E-state index in [2.05, 4.69) is 4.98 Å². The molecular formula is C11H15NOS3. The highest BCUT2D eigenvalue weighted by Gasteiger charge is 2.26. The van der Waals surface area contributed by atoms with Crippen molar-refractivity contribution in [3.8, 4) is 0 Å². The second kappa shape index (κ2) is 4.88. The summed E-state index contributed by atoms with van der Waals surface area (Å²) in [6, 6.07) is 0. The first-order chi connectivity index (χ1) is 7.84. The fourth-order valence-corrected chi connectivity index (χ4v) is 6.33. The molecule has 2 nitrogen and oxygen atoms in total. The summed E-state index contributed by atoms with van der Waals surface area (Å²) in [5.74, 6) is 3.70. The molecule has 0 aromatic carbocycles. The summed E-state index contributed by atoms with van der Waals surface area (Å²) in [7, 11) is 0. The molecule has 3 rings (SSSR count). The molecule has 1 aromatic heterocycles. The Morgan fingerprint density at radius 1 is 1.31 bits per heavy atom. The number of fused-ring (bicyclic) bond motifs is 1. The fourth-order valence-electron chi connectivity index (χ4n) is 2.18. The van der Waals surface area contributed by atoms with Gasteiger partial charge < -0.3 is 5.11 Å². The highest BCUT2D eigenvalue weighted by Crippen LogP contribution is 2.42. The fraction of sp³-hybridized carbons (Fsp3) is 0.727. The van der Waals surface area contributed by atoms with E-state index in [9.17, 15) is 5.11 Å². The van der Waals surface area contributed by atoms with E-state index in [1.54, 1.807) is 0 Å². The van der Waals surface area contributed by atoms with Crippen LogP contribution in [0.4, 0.5) is 0 Å². The lowest BCUT2D eigenvalue weighted by molar-refractivity contribution is 0.153. The van der Waals surface area contributed by atoms with Gasteiger partial charge in [-0.05, 0) is 19.3 Å². The first-order valence-electron chi connectivity index (χ1n) is 5.71. The second-order valence-electron chi connectivity index (χ2n) is 4.20. The molecular weight excluding hydrogens is 258 g/mol. The van der Waals surface area contributed by atoms with Gasteiger partial charge in [0.15, 0.2) is 0 Å². The van der Waals surface area contributed by atoms with Crippen LogP contribution in [0, 0.1) is 0 Å². The van der Waals surface area contributed by atoms with E-state index >= 15 is 0 Å². The highest BCUT2D eigenvalue weighted by molar-refractivity contribution is 8.06. The Kier molecular flexibility index (Phi) is 3.47. The van der Waals surface area contributed by atoms with Gasteiger partial charge in [-0.15, -0.1) is 23.1 Å². The number of rotatable bonds is 1. The summed E-state index contributed by atoms with van der Waals surface area (Å²) in [4.78, 5) is 6.03. The minimum atomic E-state index is -0.296. The number of aliphatic hydroxyl groups excluding tert-OH is 1. The minimum absolute atomic E-state index is 0.296. The summed E-state index contributed by atoms with van der Waals surface area (Å²) in [5.41, 5.74) is 0.988. The first kappa shape index (κ1) is 11.4. The number of thioether (sulfide) groups is 2. The number of thiazole rings is 1. The van der Waals surface area contributed by atoms with E-state index in [4.69, 9.17) is 0 Å². The zero-order valence-corrected chi connectivity index (χ0v) is 11.5. The highest BCUT2D eigenvalue weighted by atomic mass is 32.2. The lowest BCUT2D eigenvalue weighted by Gasteiger charge is -2.18. The number of aliphatic hydroxyl groups is 1. The van der Waals surface area contributed by atoms with Crippen molar-refractivity contribution in [3.63, 3.8) is 0 Å². The number of hydrogen-bond acceptors (Lipinski definition) is 5. The Bertz CT molecular complexity index is 373. The van der Waals surface area contributed by atoms with Gasteiger partial charge in [0.1, 0.15) is 5.01 Å². The maximum absolute atomic E-state index is 9.91. The van der Waals surface area contributed by atoms with Crippen LogP contribution in [0.2, 0.25) is 0 Å². The molecule has 2 heterocycles. The summed E-state index contributed by atoms with van der Waals surface area (Å²) in [5, 5.41) is 11.7. The van der Waals surface area contributed by atoms with E-state index in [0.717, 1.165) is 25.0 Å². The van der Waals surface area contributed by atoms with Gasteiger partial charge in [-0.1, -0.05) is 0 Å². The summed E-state index contributed by atoms with van der Waals surface area (Å²) < 4.78 is 0. The van der Waals surface area contributed by atoms with Gasteiger partial charge in [0, 0.05) is 22.1 Å². The van der Waals surface area contributed by atoms with Crippen LogP contribution in [0.1, 0.15) is 39.8 Å². The Balaban J connectivity index is 1.85. The van der Waals surface area contributed by atoms with Gasteiger partial charge in [0.25, 0.3) is 0 Å². The van der Waals surface area contributed by atoms with Crippen molar-refractivity contribution in [1.82, 2.24) is 4.98 Å². The van der Waals surface area contributed by atoms with Crippen molar-refractivity contribution in [2.75, 3.05) is 17.3 Å². The van der Waals surface area contributed by atoms with Crippen LogP contribution < -0.4 is 0 Å². The minimum Gasteiger partial charge on any atom is -0.387 e. The van der Waals surface area contributed by atoms with E-state index in [1.165, 1.54) is 27.1 Å². The van der Waals surface area contributed by atoms with Crippen LogP contribution in [-0.2, 0) is 6.42 Å². The van der Waals surface area contributed by atoms with E-state index in [-0.39, 0.29) is 6.10 Å². The molecule has 0 spiro atoms. The molecule has 88 valence electrons. The van der Waals surface area contributed by atoms with Crippen molar-refractivity contribution in [2.24, 2.45) is 0 Å². The maximum Gasteiger partial charge on any atom is 0.107 e. The zero-order valence-electron chi connectivity index (χ0n) is 9.02. The Morgan fingerprint density at radius 3 is 3.00 bits per heavy atom. The SMILES string of the molecule is OC1CCCc2sc(C3CSCCS3)nc21. The third-order valence-electron chi connectivity index (χ3n) is 3.03. The van der Waals surface area contributed by atoms with E-state index < -0.39 is 0 Å². The molecule has 1 fully saturated rings. The van der Waals surface area contributed by atoms with E-state index in [0.29, 0.717) is 5.25 Å². The standard InChI is InChI=1S/C11H15NOS3/c13-7-2-1-3-8-10(7)12-11(16-8)9-6-14-4-5-15-9/h7,9,13H,1-6H2. The van der Waals surface area contributed by atoms with Crippen molar-refractivity contribution in [3.05, 3.63) is 15.6 Å². The molecule has 1 saturated heterocycles. The molecule has 16 heavy (non-hydrogen) atoms. The third-order valence-corrected chi connectivity index (χ3v) is 7.19. The van der Waals surface area contributed by atoms with Crippen LogP contribution >= 0.6 is 34.9 Å². The van der Waals surface area contributed by atoms with Gasteiger partial charge in [0.05, 0.1) is 17.0 Å². The summed E-state index contributed by atoms with van der Waals surface area (Å²) in [6.45, 7) is 0. The van der Waals surface area contributed by atoms with Gasteiger partial charge in [-0.2, -0.15) is 11.8 Å². The maximum atomic E-state index is 9.91. The Labute approximate surface area is 108 Å². The van der Waals surface area contributed by atoms with Crippen molar-refractivity contribution < 1.29 is 5.11 Å². The summed E-state index contributed by atoms with van der Waals surface area (Å²) >= 11 is 5.89. The molecule has 2 aliphatic rings. The molecule has 5 heteroatoms. The van der Waals surface area contributed by atoms with Crippen molar-refractivity contribution >= 4 is 34.9 Å². The van der Waals surface area contributed by atoms with Crippen LogP contribution in [0.5, 0.6) is 0 Å². The largest absolute Gasteiger partial charge is 0.387 e. The van der Waals surface area contributed by atoms with Crippen LogP contribution in [0.15, 0.2) is 0 Å². The normalized spacial score (nSPS) is 30.1. The molecule has 2 unspecified atom stereocenters. The van der Waals surface area contributed by atoms with Gasteiger partial charge >= 0.3 is 0 Å². The number of aryl methyl sites for hydroxylation is 1. The lowest BCUT2D eigenvalue weighted by atomic mass is 10.0. The molecule has 1 aliphatic heterocycles. The molecule has 1 aromatic rings. The second-order valence-corrected chi connectivity index (χ2v) is 7.78. The predicted octanol–water partition coefficient (Wildman–Crippen LogP) is 3.03. The smallest absolute Gasteiger partial charge is 0.107 e. The monoisotopic (exact) mass is 273 g/mol. The average Bonchev–Trinajstić information content (AvgIpc) is 2.76. The number of aromatic nitrogens is 1. The van der Waals surface area contributed by atoms with Gasteiger partial charge in [-0.3, -0.25) is 0 Å². The molecule has 0 radical (unpaired) electrons. The molecule has 0 bridgehead atoms. The zero-order chi connectivity index (χ0) is 11.0. The molecule has 0 saturated carbocycles. The molecule has 0 amide bonds. The van der Waals surface area contributed by atoms with E-state index in [1.807, 2.05) is 34.9 Å². The molecule has 1 aliphatic carbocycles. The van der Waals surface area contributed by atoms with Crippen LogP contribution in [0.25, 0.3) is 0 Å². The first-order valence-corrected chi connectivity index (χ1v) is 8.73. The van der Waals surface area contributed by atoms with Crippen molar-refractivity contribution in [1.29, 1.82) is 0 Å². The lowest BCUT2D eigenvalue weighted by Crippen LogP contribution is -2.08. The Hall–Kier alpha value is 0.290. The average molecular weight is 273 g/mol. The van der Waals surface area contributed by atoms with Crippen molar-refractivity contribution in [2.45, 2.75) is 30.6 Å². The van der Waals surface area contributed by atoms with Gasteiger partial charge in [-0.25, -0.2) is 4.98 Å². The number of nitrogens with zero attached hydrogens (tertiary/aromatic N) is 1. The van der Waals surface area contributed by atoms with Crippen LogP contribution in [0.3, 0.4) is 0 Å².